The van der Waals surface area contributed by atoms with Gasteiger partial charge >= 0.3 is 6.18 Å². The van der Waals surface area contributed by atoms with Crippen molar-refractivity contribution in [3.05, 3.63) is 35.9 Å². The predicted octanol–water partition coefficient (Wildman–Crippen LogP) is 3.49. The van der Waals surface area contributed by atoms with Crippen molar-refractivity contribution in [2.75, 3.05) is 7.05 Å². The summed E-state index contributed by atoms with van der Waals surface area (Å²) < 4.78 is 36.3. The fraction of sp³-hybridized carbons (Fsp3) is 0.462. The Kier molecular flexibility index (Phi) is 4.76. The Morgan fingerprint density at radius 3 is 2.33 bits per heavy atom. The number of hydrogen-bond acceptors (Lipinski definition) is 1. The van der Waals surface area contributed by atoms with Gasteiger partial charge < -0.3 is 4.90 Å². The first kappa shape index (κ1) is 14.5. The number of hydrogen-bond donors (Lipinski definition) is 0. The minimum Gasteiger partial charge on any atom is -0.339 e. The third kappa shape index (κ3) is 4.39. The summed E-state index contributed by atoms with van der Waals surface area (Å²) in [6, 6.07) is 8.08. The molecule has 1 aromatic rings. The lowest BCUT2D eigenvalue weighted by Crippen LogP contribution is -2.35. The van der Waals surface area contributed by atoms with Crippen molar-refractivity contribution in [1.29, 1.82) is 0 Å². The van der Waals surface area contributed by atoms with Gasteiger partial charge in [-0.05, 0) is 25.5 Å². The summed E-state index contributed by atoms with van der Waals surface area (Å²) in [7, 11) is 1.52. The molecule has 0 spiro atoms. The van der Waals surface area contributed by atoms with Crippen LogP contribution in [0.25, 0.3) is 0 Å². The average molecular weight is 259 g/mol. The van der Waals surface area contributed by atoms with Crippen LogP contribution in [0.15, 0.2) is 30.3 Å². The van der Waals surface area contributed by atoms with E-state index in [0.29, 0.717) is 5.56 Å². The first-order valence-corrected chi connectivity index (χ1v) is 5.70. The molecule has 18 heavy (non-hydrogen) atoms. The van der Waals surface area contributed by atoms with Crippen molar-refractivity contribution < 1.29 is 18.0 Å². The number of amides is 1. The van der Waals surface area contributed by atoms with Crippen LogP contribution in [0.1, 0.15) is 30.1 Å². The number of alkyl halides is 3. The van der Waals surface area contributed by atoms with Crippen molar-refractivity contribution in [2.24, 2.45) is 0 Å². The largest absolute Gasteiger partial charge is 0.389 e. The van der Waals surface area contributed by atoms with E-state index in [1.807, 2.05) is 0 Å². The van der Waals surface area contributed by atoms with Gasteiger partial charge in [0.05, 0.1) is 0 Å². The van der Waals surface area contributed by atoms with E-state index in [9.17, 15) is 18.0 Å². The molecule has 0 aliphatic carbocycles. The molecule has 1 aromatic carbocycles. The van der Waals surface area contributed by atoms with Gasteiger partial charge in [0.1, 0.15) is 0 Å². The summed E-state index contributed by atoms with van der Waals surface area (Å²) in [6.45, 7) is 1.62. The fourth-order valence-corrected chi connectivity index (χ4v) is 1.55. The Balaban J connectivity index is 2.59. The van der Waals surface area contributed by atoms with E-state index in [1.54, 1.807) is 37.3 Å². The second-order valence-corrected chi connectivity index (χ2v) is 4.28. The smallest absolute Gasteiger partial charge is 0.339 e. The quantitative estimate of drug-likeness (QED) is 0.810. The first-order valence-electron chi connectivity index (χ1n) is 5.70. The highest BCUT2D eigenvalue weighted by molar-refractivity contribution is 5.94. The van der Waals surface area contributed by atoms with Crippen molar-refractivity contribution in [3.8, 4) is 0 Å². The summed E-state index contributed by atoms with van der Waals surface area (Å²) in [6.07, 6.45) is -5.13. The van der Waals surface area contributed by atoms with Crippen LogP contribution in [-0.4, -0.2) is 30.1 Å². The molecule has 100 valence electrons. The number of halogens is 3. The maximum atomic E-state index is 12.1. The Hall–Kier alpha value is -1.52. The molecule has 0 heterocycles. The zero-order chi connectivity index (χ0) is 13.8. The number of carbonyl (C=O) groups excluding carboxylic acids is 1. The summed E-state index contributed by atoms with van der Waals surface area (Å²) in [5.41, 5.74) is 0.485. The molecular weight excluding hydrogens is 243 g/mol. The van der Waals surface area contributed by atoms with E-state index < -0.39 is 18.6 Å². The molecule has 0 N–H and O–H groups in total. The van der Waals surface area contributed by atoms with E-state index in [4.69, 9.17) is 0 Å². The van der Waals surface area contributed by atoms with Crippen LogP contribution < -0.4 is 0 Å². The van der Waals surface area contributed by atoms with Crippen LogP contribution in [0.2, 0.25) is 0 Å². The van der Waals surface area contributed by atoms with Gasteiger partial charge in [0.25, 0.3) is 5.91 Å². The molecule has 0 fully saturated rings. The molecule has 0 aliphatic heterocycles. The Morgan fingerprint density at radius 1 is 1.28 bits per heavy atom. The van der Waals surface area contributed by atoms with Gasteiger partial charge in [-0.2, -0.15) is 13.2 Å². The van der Waals surface area contributed by atoms with Crippen LogP contribution in [0.3, 0.4) is 0 Å². The predicted molar refractivity (Wildman–Crippen MR) is 63.3 cm³/mol. The second kappa shape index (κ2) is 5.89. The maximum Gasteiger partial charge on any atom is 0.389 e. The van der Waals surface area contributed by atoms with Gasteiger partial charge in [-0.3, -0.25) is 4.79 Å². The summed E-state index contributed by atoms with van der Waals surface area (Å²) in [4.78, 5) is 13.3. The van der Waals surface area contributed by atoms with Gasteiger partial charge in [0.2, 0.25) is 0 Å². The maximum absolute atomic E-state index is 12.1. The third-order valence-corrected chi connectivity index (χ3v) is 2.85. The highest BCUT2D eigenvalue weighted by Gasteiger charge is 2.29. The fourth-order valence-electron chi connectivity index (χ4n) is 1.55. The van der Waals surface area contributed by atoms with Crippen LogP contribution in [0, 0.1) is 0 Å². The van der Waals surface area contributed by atoms with Crippen LogP contribution in [-0.2, 0) is 0 Å². The van der Waals surface area contributed by atoms with Gasteiger partial charge in [-0.25, -0.2) is 0 Å². The number of nitrogens with zero attached hydrogens (tertiary/aromatic N) is 1. The molecule has 0 aromatic heterocycles. The van der Waals surface area contributed by atoms with Gasteiger partial charge in [-0.15, -0.1) is 0 Å². The number of carbonyl (C=O) groups is 1. The zero-order valence-electron chi connectivity index (χ0n) is 10.4. The van der Waals surface area contributed by atoms with E-state index >= 15 is 0 Å². The van der Waals surface area contributed by atoms with E-state index in [-0.39, 0.29) is 12.3 Å². The normalized spacial score (nSPS) is 13.2. The van der Waals surface area contributed by atoms with Crippen molar-refractivity contribution in [2.45, 2.75) is 32.0 Å². The molecule has 0 saturated heterocycles. The molecule has 1 amide bonds. The summed E-state index contributed by atoms with van der Waals surface area (Å²) in [5, 5.41) is 0. The lowest BCUT2D eigenvalue weighted by atomic mass is 10.1. The van der Waals surface area contributed by atoms with E-state index in [2.05, 4.69) is 0 Å². The topological polar surface area (TPSA) is 20.3 Å². The van der Waals surface area contributed by atoms with Gasteiger partial charge in [0.15, 0.2) is 0 Å². The molecular formula is C13H16F3NO. The van der Waals surface area contributed by atoms with Gasteiger partial charge in [0, 0.05) is 25.1 Å². The molecule has 0 saturated carbocycles. The molecule has 2 nitrogen and oxygen atoms in total. The van der Waals surface area contributed by atoms with Gasteiger partial charge in [-0.1, -0.05) is 18.2 Å². The van der Waals surface area contributed by atoms with Crippen LogP contribution in [0.4, 0.5) is 13.2 Å². The third-order valence-electron chi connectivity index (χ3n) is 2.85. The SMILES string of the molecule is CC(CCC(F)(F)F)N(C)C(=O)c1ccccc1. The lowest BCUT2D eigenvalue weighted by molar-refractivity contribution is -0.137. The average Bonchev–Trinajstić information content (AvgIpc) is 2.34. The zero-order valence-corrected chi connectivity index (χ0v) is 10.4. The highest BCUT2D eigenvalue weighted by atomic mass is 19.4. The lowest BCUT2D eigenvalue weighted by Gasteiger charge is -2.25. The molecule has 0 bridgehead atoms. The monoisotopic (exact) mass is 259 g/mol. The van der Waals surface area contributed by atoms with Crippen molar-refractivity contribution in [3.63, 3.8) is 0 Å². The second-order valence-electron chi connectivity index (χ2n) is 4.28. The Bertz CT molecular complexity index is 389. The van der Waals surface area contributed by atoms with E-state index in [0.717, 1.165) is 0 Å². The Labute approximate surface area is 104 Å². The van der Waals surface area contributed by atoms with E-state index in [1.165, 1.54) is 11.9 Å². The minimum absolute atomic E-state index is 0.0847. The number of rotatable bonds is 4. The standard InChI is InChI=1S/C13H16F3NO/c1-10(8-9-13(14,15)16)17(2)12(18)11-6-4-3-5-7-11/h3-7,10H,8-9H2,1-2H3. The first-order chi connectivity index (χ1) is 8.31. The van der Waals surface area contributed by atoms with Crippen molar-refractivity contribution >= 4 is 5.91 Å². The summed E-state index contributed by atoms with van der Waals surface area (Å²) >= 11 is 0. The molecule has 1 rings (SSSR count). The highest BCUT2D eigenvalue weighted by Crippen LogP contribution is 2.23. The molecule has 0 radical (unpaired) electrons. The molecule has 1 atom stereocenters. The van der Waals surface area contributed by atoms with Crippen LogP contribution in [0.5, 0.6) is 0 Å². The summed E-state index contributed by atoms with van der Waals surface area (Å²) in [5.74, 6) is -0.259. The molecule has 5 heteroatoms. The Morgan fingerprint density at radius 2 is 1.83 bits per heavy atom. The van der Waals surface area contributed by atoms with Crippen molar-refractivity contribution in [1.82, 2.24) is 4.90 Å². The number of benzene rings is 1. The molecule has 1 unspecified atom stereocenters. The van der Waals surface area contributed by atoms with Crippen LogP contribution >= 0.6 is 0 Å². The minimum atomic E-state index is -4.18. The molecule has 0 aliphatic rings.